The molecular weight excluding hydrogens is 168 g/mol. The molecule has 0 fully saturated rings. The van der Waals surface area contributed by atoms with Crippen molar-refractivity contribution in [1.29, 1.82) is 0 Å². The number of nitrogens with zero attached hydrogens (tertiary/aromatic N) is 1. The smallest absolute Gasteiger partial charge is 0.110 e. The van der Waals surface area contributed by atoms with Crippen molar-refractivity contribution >= 4 is 11.3 Å². The summed E-state index contributed by atoms with van der Waals surface area (Å²) in [6.45, 7) is 8.40. The fraction of sp³-hybridized carbons (Fsp3) is 0.667. The Balaban J connectivity index is 3.00. The van der Waals surface area contributed by atoms with Crippen molar-refractivity contribution in [1.82, 2.24) is 4.98 Å². The van der Waals surface area contributed by atoms with Crippen LogP contribution in [-0.4, -0.2) is 4.98 Å². The summed E-state index contributed by atoms with van der Waals surface area (Å²) in [7, 11) is 0. The highest BCUT2D eigenvalue weighted by Gasteiger charge is 2.12. The van der Waals surface area contributed by atoms with Crippen molar-refractivity contribution in [2.24, 2.45) is 5.73 Å². The molecule has 1 atom stereocenters. The van der Waals surface area contributed by atoms with E-state index in [4.69, 9.17) is 5.73 Å². The maximum absolute atomic E-state index is 5.74. The van der Waals surface area contributed by atoms with Crippen LogP contribution < -0.4 is 5.73 Å². The maximum atomic E-state index is 5.74. The average Bonchev–Trinajstić information content (AvgIpc) is 2.30. The van der Waals surface area contributed by atoms with Crippen LogP contribution in [0.2, 0.25) is 0 Å². The lowest BCUT2D eigenvalue weighted by Crippen LogP contribution is -2.04. The van der Waals surface area contributed by atoms with Gasteiger partial charge >= 0.3 is 0 Å². The van der Waals surface area contributed by atoms with Crippen LogP contribution in [0.15, 0.2) is 0 Å². The number of nitrogens with two attached hydrogens (primary N) is 1. The molecular formula is C9H16N2S. The summed E-state index contributed by atoms with van der Waals surface area (Å²) in [5.74, 6) is 0.508. The lowest BCUT2D eigenvalue weighted by molar-refractivity contribution is 0.769. The number of rotatable bonds is 2. The molecule has 0 aliphatic carbocycles. The van der Waals surface area contributed by atoms with Gasteiger partial charge in [-0.05, 0) is 19.8 Å². The van der Waals surface area contributed by atoms with Gasteiger partial charge in [0.2, 0.25) is 0 Å². The van der Waals surface area contributed by atoms with Gasteiger partial charge in [-0.2, -0.15) is 0 Å². The molecule has 0 spiro atoms. The van der Waals surface area contributed by atoms with E-state index in [1.807, 2.05) is 6.92 Å². The van der Waals surface area contributed by atoms with E-state index < -0.39 is 0 Å². The first-order valence-electron chi connectivity index (χ1n) is 4.25. The minimum Gasteiger partial charge on any atom is -0.322 e. The van der Waals surface area contributed by atoms with Crippen LogP contribution in [0.5, 0.6) is 0 Å². The van der Waals surface area contributed by atoms with Gasteiger partial charge < -0.3 is 5.73 Å². The number of aromatic nitrogens is 1. The standard InChI is InChI=1S/C9H16N2S/c1-5(2)8-7(4)12-9(11-8)6(3)10/h5-6H,10H2,1-4H3. The average molecular weight is 184 g/mol. The summed E-state index contributed by atoms with van der Waals surface area (Å²) in [6, 6.07) is 0.0706. The van der Waals surface area contributed by atoms with E-state index in [0.29, 0.717) is 5.92 Å². The summed E-state index contributed by atoms with van der Waals surface area (Å²) in [4.78, 5) is 5.81. The third-order valence-corrected chi connectivity index (χ3v) is 2.97. The molecule has 3 heteroatoms. The second-order valence-electron chi connectivity index (χ2n) is 3.44. The molecule has 0 saturated carbocycles. The zero-order valence-corrected chi connectivity index (χ0v) is 8.90. The lowest BCUT2D eigenvalue weighted by atomic mass is 10.1. The Kier molecular flexibility index (Phi) is 2.85. The van der Waals surface area contributed by atoms with Gasteiger partial charge in [0.05, 0.1) is 11.7 Å². The number of hydrogen-bond acceptors (Lipinski definition) is 3. The van der Waals surface area contributed by atoms with E-state index in [1.54, 1.807) is 11.3 Å². The number of thiazole rings is 1. The van der Waals surface area contributed by atoms with E-state index >= 15 is 0 Å². The Labute approximate surface area is 77.8 Å². The molecule has 12 heavy (non-hydrogen) atoms. The summed E-state index contributed by atoms with van der Waals surface area (Å²) < 4.78 is 0. The summed E-state index contributed by atoms with van der Waals surface area (Å²) >= 11 is 1.71. The van der Waals surface area contributed by atoms with Gasteiger partial charge in [-0.3, -0.25) is 0 Å². The van der Waals surface area contributed by atoms with Gasteiger partial charge in [0.25, 0.3) is 0 Å². The molecule has 0 saturated heterocycles. The lowest BCUT2D eigenvalue weighted by Gasteiger charge is -2.00. The van der Waals surface area contributed by atoms with Gasteiger partial charge in [-0.25, -0.2) is 4.98 Å². The Morgan fingerprint density at radius 3 is 2.17 bits per heavy atom. The molecule has 68 valence electrons. The second-order valence-corrected chi connectivity index (χ2v) is 4.67. The highest BCUT2D eigenvalue weighted by Crippen LogP contribution is 2.26. The largest absolute Gasteiger partial charge is 0.322 e. The number of aryl methyl sites for hydroxylation is 1. The van der Waals surface area contributed by atoms with Crippen LogP contribution in [0.3, 0.4) is 0 Å². The highest BCUT2D eigenvalue weighted by molar-refractivity contribution is 7.11. The van der Waals surface area contributed by atoms with Gasteiger partial charge in [-0.1, -0.05) is 13.8 Å². The predicted octanol–water partition coefficient (Wildman–Crippen LogP) is 2.59. The molecule has 1 aromatic rings. The Bertz CT molecular complexity index is 263. The summed E-state index contributed by atoms with van der Waals surface area (Å²) in [5, 5.41) is 1.05. The Hall–Kier alpha value is -0.410. The molecule has 0 amide bonds. The predicted molar refractivity (Wildman–Crippen MR) is 53.5 cm³/mol. The van der Waals surface area contributed by atoms with E-state index in [1.165, 1.54) is 10.6 Å². The van der Waals surface area contributed by atoms with Crippen LogP contribution in [-0.2, 0) is 0 Å². The van der Waals surface area contributed by atoms with E-state index in [2.05, 4.69) is 25.8 Å². The molecule has 0 radical (unpaired) electrons. The molecule has 1 unspecified atom stereocenters. The van der Waals surface area contributed by atoms with Gasteiger partial charge in [0.1, 0.15) is 5.01 Å². The quantitative estimate of drug-likeness (QED) is 0.767. The molecule has 0 bridgehead atoms. The second kappa shape index (κ2) is 3.54. The van der Waals surface area contributed by atoms with Crippen molar-refractivity contribution in [3.63, 3.8) is 0 Å². The Morgan fingerprint density at radius 1 is 1.33 bits per heavy atom. The van der Waals surface area contributed by atoms with Crippen molar-refractivity contribution < 1.29 is 0 Å². The van der Waals surface area contributed by atoms with Crippen molar-refractivity contribution in [3.05, 3.63) is 15.6 Å². The molecule has 1 heterocycles. The maximum Gasteiger partial charge on any atom is 0.110 e. The molecule has 0 aliphatic rings. The molecule has 1 aromatic heterocycles. The van der Waals surface area contributed by atoms with Crippen LogP contribution in [0.1, 0.15) is 48.3 Å². The highest BCUT2D eigenvalue weighted by atomic mass is 32.1. The minimum absolute atomic E-state index is 0.0706. The van der Waals surface area contributed by atoms with Crippen molar-refractivity contribution in [2.45, 2.75) is 39.7 Å². The van der Waals surface area contributed by atoms with Crippen LogP contribution in [0, 0.1) is 6.92 Å². The normalized spacial score (nSPS) is 13.8. The Morgan fingerprint density at radius 2 is 1.92 bits per heavy atom. The summed E-state index contributed by atoms with van der Waals surface area (Å²) in [5.41, 5.74) is 6.95. The number of hydrogen-bond donors (Lipinski definition) is 1. The fourth-order valence-corrected chi connectivity index (χ4v) is 2.19. The first-order valence-corrected chi connectivity index (χ1v) is 5.06. The van der Waals surface area contributed by atoms with E-state index in [-0.39, 0.29) is 6.04 Å². The van der Waals surface area contributed by atoms with E-state index in [0.717, 1.165) is 5.01 Å². The van der Waals surface area contributed by atoms with Gasteiger partial charge in [0.15, 0.2) is 0 Å². The zero-order valence-electron chi connectivity index (χ0n) is 8.09. The summed E-state index contributed by atoms with van der Waals surface area (Å²) in [6.07, 6.45) is 0. The van der Waals surface area contributed by atoms with Crippen LogP contribution in [0.25, 0.3) is 0 Å². The van der Waals surface area contributed by atoms with E-state index in [9.17, 15) is 0 Å². The fourth-order valence-electron chi connectivity index (χ4n) is 1.16. The monoisotopic (exact) mass is 184 g/mol. The molecule has 1 rings (SSSR count). The third-order valence-electron chi connectivity index (χ3n) is 1.79. The molecule has 2 nitrogen and oxygen atoms in total. The zero-order chi connectivity index (χ0) is 9.30. The third kappa shape index (κ3) is 1.84. The minimum atomic E-state index is 0.0706. The SMILES string of the molecule is Cc1sc(C(C)N)nc1C(C)C. The van der Waals surface area contributed by atoms with Gasteiger partial charge in [0, 0.05) is 4.88 Å². The first kappa shape index (κ1) is 9.68. The molecule has 2 N–H and O–H groups in total. The molecule has 0 aliphatic heterocycles. The van der Waals surface area contributed by atoms with Crippen molar-refractivity contribution in [2.75, 3.05) is 0 Å². The first-order chi connectivity index (χ1) is 5.52. The van der Waals surface area contributed by atoms with Crippen LogP contribution >= 0.6 is 11.3 Å². The topological polar surface area (TPSA) is 38.9 Å². The van der Waals surface area contributed by atoms with Gasteiger partial charge in [-0.15, -0.1) is 11.3 Å². The molecule has 0 aromatic carbocycles. The van der Waals surface area contributed by atoms with Crippen molar-refractivity contribution in [3.8, 4) is 0 Å². The van der Waals surface area contributed by atoms with Crippen LogP contribution in [0.4, 0.5) is 0 Å².